The van der Waals surface area contributed by atoms with E-state index in [0.717, 1.165) is 12.8 Å². The van der Waals surface area contributed by atoms with Gasteiger partial charge in [0.25, 0.3) is 10.0 Å². The summed E-state index contributed by atoms with van der Waals surface area (Å²) >= 11 is 0. The maximum Gasteiger partial charge on any atom is 0.269 e. The molecule has 1 saturated heterocycles. The van der Waals surface area contributed by atoms with E-state index in [4.69, 9.17) is 9.26 Å². The van der Waals surface area contributed by atoms with Gasteiger partial charge in [-0.15, -0.1) is 0 Å². The van der Waals surface area contributed by atoms with E-state index in [9.17, 15) is 13.2 Å². The molecule has 0 unspecified atom stereocenters. The molecule has 23 heavy (non-hydrogen) atoms. The average Bonchev–Trinajstić information content (AvgIpc) is 2.79. The monoisotopic (exact) mass is 344 g/mol. The van der Waals surface area contributed by atoms with E-state index in [1.807, 2.05) is 0 Å². The summed E-state index contributed by atoms with van der Waals surface area (Å²) in [5.41, 5.74) is -0.543. The van der Waals surface area contributed by atoms with Crippen LogP contribution >= 0.6 is 0 Å². The first-order valence-corrected chi connectivity index (χ1v) is 9.19. The van der Waals surface area contributed by atoms with Gasteiger partial charge in [-0.2, -0.15) is 0 Å². The molecule has 0 aromatic carbocycles. The van der Waals surface area contributed by atoms with Crippen molar-refractivity contribution in [1.82, 2.24) is 9.88 Å². The molecule has 0 spiro atoms. The van der Waals surface area contributed by atoms with Crippen molar-refractivity contribution in [2.45, 2.75) is 51.9 Å². The molecule has 2 heterocycles. The van der Waals surface area contributed by atoms with E-state index in [-0.39, 0.29) is 16.3 Å². The lowest BCUT2D eigenvalue weighted by molar-refractivity contribution is -0.128. The minimum atomic E-state index is -3.98. The van der Waals surface area contributed by atoms with E-state index < -0.39 is 21.3 Å². The summed E-state index contributed by atoms with van der Waals surface area (Å²) in [5, 5.41) is 3.63. The Kier molecular flexibility index (Phi) is 5.15. The second-order valence-electron chi connectivity index (χ2n) is 6.73. The van der Waals surface area contributed by atoms with E-state index in [0.29, 0.717) is 25.6 Å². The van der Waals surface area contributed by atoms with Crippen LogP contribution in [0.3, 0.4) is 0 Å². The molecule has 1 aliphatic rings. The number of carbonyl (C=O) groups excluding carboxylic acids is 1. The Labute approximate surface area is 136 Å². The van der Waals surface area contributed by atoms with Crippen molar-refractivity contribution < 1.29 is 22.5 Å². The highest BCUT2D eigenvalue weighted by molar-refractivity contribution is 7.90. The van der Waals surface area contributed by atoms with Crippen LogP contribution in [-0.4, -0.2) is 32.7 Å². The van der Waals surface area contributed by atoms with Crippen LogP contribution in [0.2, 0.25) is 0 Å². The number of hydrogen-bond acceptors (Lipinski definition) is 6. The van der Waals surface area contributed by atoms with Crippen LogP contribution in [0.25, 0.3) is 0 Å². The maximum absolute atomic E-state index is 12.5. The zero-order chi connectivity index (χ0) is 17.3. The molecule has 1 aromatic heterocycles. The lowest BCUT2D eigenvalue weighted by Gasteiger charge is -2.30. The average molecular weight is 344 g/mol. The Morgan fingerprint density at radius 2 is 1.91 bits per heavy atom. The summed E-state index contributed by atoms with van der Waals surface area (Å²) in [6.45, 7) is 7.95. The van der Waals surface area contributed by atoms with Crippen molar-refractivity contribution >= 4 is 15.9 Å². The van der Waals surface area contributed by atoms with Crippen LogP contribution < -0.4 is 4.72 Å². The van der Waals surface area contributed by atoms with Gasteiger partial charge in [-0.3, -0.25) is 4.79 Å². The molecular formula is C15H24N2O5S. The van der Waals surface area contributed by atoms with Gasteiger partial charge >= 0.3 is 0 Å². The summed E-state index contributed by atoms with van der Waals surface area (Å²) in [4.78, 5) is 12.4. The number of carbonyl (C=O) groups is 1. The van der Waals surface area contributed by atoms with Gasteiger partial charge in [-0.05, 0) is 39.0 Å². The van der Waals surface area contributed by atoms with Crippen LogP contribution in [-0.2, 0) is 19.6 Å². The quantitative estimate of drug-likeness (QED) is 0.876. The van der Waals surface area contributed by atoms with Crippen LogP contribution in [0.4, 0.5) is 0 Å². The molecule has 130 valence electrons. The van der Waals surface area contributed by atoms with Crippen molar-refractivity contribution in [3.05, 3.63) is 11.5 Å². The second kappa shape index (κ2) is 6.60. The molecule has 0 aliphatic carbocycles. The number of nitrogens with one attached hydrogen (secondary N) is 1. The highest BCUT2D eigenvalue weighted by atomic mass is 32.2. The molecule has 2 rings (SSSR count). The molecule has 0 saturated carbocycles. The van der Waals surface area contributed by atoms with Gasteiger partial charge in [0, 0.05) is 18.6 Å². The van der Waals surface area contributed by atoms with Gasteiger partial charge in [-0.25, -0.2) is 13.1 Å². The predicted octanol–water partition coefficient (Wildman–Crippen LogP) is 1.94. The third kappa shape index (κ3) is 4.11. The van der Waals surface area contributed by atoms with E-state index in [1.165, 1.54) is 13.8 Å². The first-order chi connectivity index (χ1) is 10.6. The molecule has 8 heteroatoms. The Bertz CT molecular complexity index is 653. The van der Waals surface area contributed by atoms with Crippen molar-refractivity contribution in [1.29, 1.82) is 0 Å². The highest BCUT2D eigenvalue weighted by Gasteiger charge is 2.35. The van der Waals surface area contributed by atoms with Crippen LogP contribution in [0.15, 0.2) is 9.42 Å². The van der Waals surface area contributed by atoms with Gasteiger partial charge < -0.3 is 9.26 Å². The Hall–Kier alpha value is -1.41. The molecule has 0 radical (unpaired) electrons. The number of aromatic nitrogens is 1. The van der Waals surface area contributed by atoms with Gasteiger partial charge in [0.05, 0.1) is 0 Å². The molecule has 1 N–H and O–H groups in total. The van der Waals surface area contributed by atoms with Crippen molar-refractivity contribution in [3.63, 3.8) is 0 Å². The lowest BCUT2D eigenvalue weighted by Crippen LogP contribution is -2.42. The number of aryl methyl sites for hydroxylation is 2. The minimum absolute atomic E-state index is 0.0623. The largest absolute Gasteiger partial charge is 0.381 e. The summed E-state index contributed by atoms with van der Waals surface area (Å²) in [5.74, 6) is 0.0281. The number of nitrogens with zero attached hydrogens (tertiary/aromatic N) is 1. The molecule has 7 nitrogen and oxygen atoms in total. The molecule has 1 amide bonds. The number of hydrogen-bond donors (Lipinski definition) is 1. The second-order valence-corrected chi connectivity index (χ2v) is 8.35. The summed E-state index contributed by atoms with van der Waals surface area (Å²) in [6, 6.07) is 0. The fourth-order valence-corrected chi connectivity index (χ4v) is 4.40. The third-order valence-electron chi connectivity index (χ3n) is 4.22. The summed E-state index contributed by atoms with van der Waals surface area (Å²) < 4.78 is 37.2. The first kappa shape index (κ1) is 17.9. The standard InChI is InChI=1S/C15H24N2O5S/c1-10-13(11(2)22-16-10)23(19,20)17-14(18)15(3,4)9-12-5-7-21-8-6-12/h12H,5-9H2,1-4H3,(H,17,18). The topological polar surface area (TPSA) is 98.5 Å². The van der Waals surface area contributed by atoms with Crippen molar-refractivity contribution in [2.75, 3.05) is 13.2 Å². The zero-order valence-corrected chi connectivity index (χ0v) is 14.8. The van der Waals surface area contributed by atoms with E-state index in [1.54, 1.807) is 13.8 Å². The molecule has 0 atom stereocenters. The molecule has 1 aliphatic heterocycles. The maximum atomic E-state index is 12.5. The Morgan fingerprint density at radius 3 is 2.43 bits per heavy atom. The van der Waals surface area contributed by atoms with Gasteiger partial charge in [0.2, 0.25) is 5.91 Å². The van der Waals surface area contributed by atoms with Gasteiger partial charge in [0.15, 0.2) is 10.7 Å². The normalized spacial score (nSPS) is 17.2. The molecule has 1 fully saturated rings. The highest BCUT2D eigenvalue weighted by Crippen LogP contribution is 2.32. The smallest absolute Gasteiger partial charge is 0.269 e. The summed E-state index contributed by atoms with van der Waals surface area (Å²) in [7, 11) is -3.98. The third-order valence-corrected chi connectivity index (χ3v) is 5.79. The number of rotatable bonds is 5. The van der Waals surface area contributed by atoms with Crippen molar-refractivity contribution in [3.8, 4) is 0 Å². The van der Waals surface area contributed by atoms with Crippen LogP contribution in [0, 0.1) is 25.2 Å². The number of sulfonamides is 1. The minimum Gasteiger partial charge on any atom is -0.381 e. The zero-order valence-electron chi connectivity index (χ0n) is 14.0. The number of ether oxygens (including phenoxy) is 1. The Morgan fingerprint density at radius 1 is 1.30 bits per heavy atom. The van der Waals surface area contributed by atoms with E-state index in [2.05, 4.69) is 9.88 Å². The van der Waals surface area contributed by atoms with Crippen LogP contribution in [0.5, 0.6) is 0 Å². The fourth-order valence-electron chi connectivity index (χ4n) is 2.93. The van der Waals surface area contributed by atoms with Gasteiger partial charge in [0.1, 0.15) is 5.69 Å². The van der Waals surface area contributed by atoms with Gasteiger partial charge in [-0.1, -0.05) is 19.0 Å². The molecule has 0 bridgehead atoms. The van der Waals surface area contributed by atoms with Crippen LogP contribution in [0.1, 0.15) is 44.6 Å². The SMILES string of the molecule is Cc1noc(C)c1S(=O)(=O)NC(=O)C(C)(C)CC1CCOCC1. The summed E-state index contributed by atoms with van der Waals surface area (Å²) in [6.07, 6.45) is 2.42. The molecule has 1 aromatic rings. The van der Waals surface area contributed by atoms with Crippen molar-refractivity contribution in [2.24, 2.45) is 11.3 Å². The van der Waals surface area contributed by atoms with E-state index >= 15 is 0 Å². The first-order valence-electron chi connectivity index (χ1n) is 7.71. The Balaban J connectivity index is 2.10. The predicted molar refractivity (Wildman–Crippen MR) is 83.2 cm³/mol. The fraction of sp³-hybridized carbons (Fsp3) is 0.733. The lowest BCUT2D eigenvalue weighted by atomic mass is 9.79. The molecular weight excluding hydrogens is 320 g/mol. The number of amides is 1.